The Labute approximate surface area is 178 Å². The molecule has 2 aromatic rings. The Morgan fingerprint density at radius 1 is 0.966 bits per heavy atom. The van der Waals surface area contributed by atoms with Gasteiger partial charge in [-0.05, 0) is 80.3 Å². The summed E-state index contributed by atoms with van der Waals surface area (Å²) in [5.41, 5.74) is 1.32. The van der Waals surface area contributed by atoms with Crippen LogP contribution in [0.2, 0.25) is 0 Å². The Bertz CT molecular complexity index is 849. The van der Waals surface area contributed by atoms with Crippen molar-refractivity contribution in [3.8, 4) is 11.5 Å². The van der Waals surface area contributed by atoms with Crippen LogP contribution in [0.3, 0.4) is 0 Å². The van der Waals surface area contributed by atoms with Gasteiger partial charge in [0.05, 0.1) is 10.1 Å². The van der Waals surface area contributed by atoms with Gasteiger partial charge in [-0.15, -0.1) is 11.8 Å². The van der Waals surface area contributed by atoms with Crippen molar-refractivity contribution in [1.82, 2.24) is 0 Å². The molecule has 0 radical (unpaired) electrons. The fourth-order valence-corrected chi connectivity index (χ4v) is 6.38. The van der Waals surface area contributed by atoms with Gasteiger partial charge in [0.25, 0.3) is 0 Å². The third-order valence-electron chi connectivity index (χ3n) is 6.44. The Hall–Kier alpha value is -1.94. The molecule has 1 atom stereocenters. The fraction of sp³-hybridized carbons (Fsp3) is 0.480. The summed E-state index contributed by atoms with van der Waals surface area (Å²) < 4.78 is 5.92. The largest absolute Gasteiger partial charge is 0.457 e. The van der Waals surface area contributed by atoms with Crippen molar-refractivity contribution in [3.63, 3.8) is 0 Å². The minimum absolute atomic E-state index is 0.0152. The molecular formula is C25H31NO2S. The molecule has 1 aliphatic carbocycles. The second kappa shape index (κ2) is 7.71. The molecule has 0 N–H and O–H groups in total. The van der Waals surface area contributed by atoms with E-state index in [1.807, 2.05) is 66.4 Å². The molecule has 1 spiro atoms. The molecule has 0 bridgehead atoms. The van der Waals surface area contributed by atoms with E-state index in [-0.39, 0.29) is 16.0 Å². The molecule has 154 valence electrons. The monoisotopic (exact) mass is 409 g/mol. The van der Waals surface area contributed by atoms with E-state index >= 15 is 0 Å². The van der Waals surface area contributed by atoms with E-state index in [4.69, 9.17) is 4.74 Å². The SMILES string of the molecule is C[C@@H]1SC2(CCC(C(C)(C)C)CC2)N(c2ccc(Oc3ccccc3)cc2)C1=O. The standard InChI is InChI=1S/C25H31NO2S/c1-18-23(27)26(25(29-18)16-14-19(15-17-25)24(2,3)4)20-10-12-22(13-11-20)28-21-8-6-5-7-9-21/h5-13,18-19H,14-17H2,1-4H3/t18-,19?,25?/m0/s1. The van der Waals surface area contributed by atoms with E-state index in [0.717, 1.165) is 35.9 Å². The van der Waals surface area contributed by atoms with E-state index < -0.39 is 0 Å². The summed E-state index contributed by atoms with van der Waals surface area (Å²) in [7, 11) is 0. The molecule has 1 amide bonds. The lowest BCUT2D eigenvalue weighted by atomic mass is 9.71. The summed E-state index contributed by atoms with van der Waals surface area (Å²) in [5.74, 6) is 2.57. The van der Waals surface area contributed by atoms with Gasteiger partial charge >= 0.3 is 0 Å². The van der Waals surface area contributed by atoms with Crippen LogP contribution in [0.4, 0.5) is 5.69 Å². The maximum absolute atomic E-state index is 13.1. The predicted octanol–water partition coefficient (Wildman–Crippen LogP) is 6.88. The highest BCUT2D eigenvalue weighted by Gasteiger charge is 2.52. The second-order valence-electron chi connectivity index (χ2n) is 9.43. The molecule has 2 aliphatic rings. The summed E-state index contributed by atoms with van der Waals surface area (Å²) >= 11 is 1.86. The maximum atomic E-state index is 13.1. The van der Waals surface area contributed by atoms with Gasteiger partial charge in [0.15, 0.2) is 0 Å². The topological polar surface area (TPSA) is 29.5 Å². The van der Waals surface area contributed by atoms with Gasteiger partial charge in [0.1, 0.15) is 11.5 Å². The number of para-hydroxylation sites is 1. The van der Waals surface area contributed by atoms with Gasteiger partial charge < -0.3 is 4.74 Å². The smallest absolute Gasteiger partial charge is 0.241 e. The molecule has 29 heavy (non-hydrogen) atoms. The predicted molar refractivity (Wildman–Crippen MR) is 122 cm³/mol. The Balaban J connectivity index is 1.55. The molecule has 4 heteroatoms. The highest BCUT2D eigenvalue weighted by atomic mass is 32.2. The van der Waals surface area contributed by atoms with Crippen molar-refractivity contribution in [2.45, 2.75) is 63.5 Å². The molecule has 1 saturated carbocycles. The summed E-state index contributed by atoms with van der Waals surface area (Å²) in [6, 6.07) is 17.8. The molecule has 2 fully saturated rings. The van der Waals surface area contributed by atoms with Gasteiger partial charge in [0.2, 0.25) is 5.91 Å². The Kier molecular flexibility index (Phi) is 5.41. The fourth-order valence-electron chi connectivity index (χ4n) is 4.74. The lowest BCUT2D eigenvalue weighted by Gasteiger charge is -2.45. The Morgan fingerprint density at radius 3 is 2.14 bits per heavy atom. The van der Waals surface area contributed by atoms with Crippen LogP contribution in [-0.2, 0) is 4.79 Å². The quantitative estimate of drug-likeness (QED) is 0.553. The number of nitrogens with zero attached hydrogens (tertiary/aromatic N) is 1. The summed E-state index contributed by atoms with van der Waals surface area (Å²) in [6.07, 6.45) is 4.50. The van der Waals surface area contributed by atoms with E-state index in [1.165, 1.54) is 12.8 Å². The normalized spacial score (nSPS) is 27.4. The van der Waals surface area contributed by atoms with E-state index in [0.29, 0.717) is 5.41 Å². The van der Waals surface area contributed by atoms with Crippen molar-refractivity contribution in [2.75, 3.05) is 4.90 Å². The molecule has 1 saturated heterocycles. The van der Waals surface area contributed by atoms with Crippen LogP contribution in [0.5, 0.6) is 11.5 Å². The van der Waals surface area contributed by atoms with Gasteiger partial charge in [0, 0.05) is 5.69 Å². The van der Waals surface area contributed by atoms with Crippen LogP contribution in [0.25, 0.3) is 0 Å². The van der Waals surface area contributed by atoms with E-state index in [2.05, 4.69) is 32.6 Å². The molecule has 2 aromatic carbocycles. The average Bonchev–Trinajstić information content (AvgIpc) is 2.93. The summed E-state index contributed by atoms with van der Waals surface area (Å²) in [5, 5.41) is 0.0152. The zero-order chi connectivity index (χ0) is 20.6. The maximum Gasteiger partial charge on any atom is 0.241 e. The number of carbonyl (C=O) groups excluding carboxylic acids is 1. The minimum atomic E-state index is -0.0972. The second-order valence-corrected chi connectivity index (χ2v) is 11.1. The van der Waals surface area contributed by atoms with Crippen LogP contribution in [-0.4, -0.2) is 16.0 Å². The van der Waals surface area contributed by atoms with Crippen LogP contribution in [0.15, 0.2) is 54.6 Å². The molecule has 4 rings (SSSR count). The third kappa shape index (κ3) is 4.05. The van der Waals surface area contributed by atoms with Crippen molar-refractivity contribution in [1.29, 1.82) is 0 Å². The van der Waals surface area contributed by atoms with Crippen LogP contribution in [0.1, 0.15) is 53.4 Å². The number of hydrogen-bond donors (Lipinski definition) is 0. The number of rotatable bonds is 3. The van der Waals surface area contributed by atoms with Crippen LogP contribution in [0, 0.1) is 11.3 Å². The number of anilines is 1. The van der Waals surface area contributed by atoms with Gasteiger partial charge in [-0.2, -0.15) is 0 Å². The number of carbonyl (C=O) groups is 1. The van der Waals surface area contributed by atoms with Crippen LogP contribution >= 0.6 is 11.8 Å². The van der Waals surface area contributed by atoms with E-state index in [9.17, 15) is 4.79 Å². The molecule has 1 heterocycles. The first-order valence-corrected chi connectivity index (χ1v) is 11.5. The number of ether oxygens (including phenoxy) is 1. The number of amides is 1. The highest BCUT2D eigenvalue weighted by molar-refractivity contribution is 8.02. The first-order valence-electron chi connectivity index (χ1n) is 10.6. The third-order valence-corrected chi connectivity index (χ3v) is 8.02. The number of benzene rings is 2. The highest BCUT2D eigenvalue weighted by Crippen LogP contribution is 2.54. The lowest BCUT2D eigenvalue weighted by molar-refractivity contribution is -0.118. The first kappa shape index (κ1) is 20.3. The van der Waals surface area contributed by atoms with Crippen molar-refractivity contribution in [3.05, 3.63) is 54.6 Å². The molecule has 0 unspecified atom stereocenters. The van der Waals surface area contributed by atoms with Crippen molar-refractivity contribution in [2.24, 2.45) is 11.3 Å². The number of thioether (sulfide) groups is 1. The molecule has 3 nitrogen and oxygen atoms in total. The average molecular weight is 410 g/mol. The first-order chi connectivity index (χ1) is 13.8. The van der Waals surface area contributed by atoms with Gasteiger partial charge in [-0.3, -0.25) is 9.69 Å². The van der Waals surface area contributed by atoms with Crippen molar-refractivity contribution >= 4 is 23.4 Å². The Morgan fingerprint density at radius 2 is 1.55 bits per heavy atom. The lowest BCUT2D eigenvalue weighted by Crippen LogP contribution is -2.48. The van der Waals surface area contributed by atoms with Crippen molar-refractivity contribution < 1.29 is 9.53 Å². The van der Waals surface area contributed by atoms with E-state index in [1.54, 1.807) is 0 Å². The number of hydrogen-bond acceptors (Lipinski definition) is 3. The minimum Gasteiger partial charge on any atom is -0.457 e. The van der Waals surface area contributed by atoms with Gasteiger partial charge in [-0.25, -0.2) is 0 Å². The van der Waals surface area contributed by atoms with Gasteiger partial charge in [-0.1, -0.05) is 39.0 Å². The van der Waals surface area contributed by atoms with Crippen LogP contribution < -0.4 is 9.64 Å². The summed E-state index contributed by atoms with van der Waals surface area (Å²) in [6.45, 7) is 9.08. The molecule has 0 aromatic heterocycles. The zero-order valence-corrected chi connectivity index (χ0v) is 18.7. The molecular weight excluding hydrogens is 378 g/mol. The zero-order valence-electron chi connectivity index (χ0n) is 17.9. The molecule has 1 aliphatic heterocycles. The summed E-state index contributed by atoms with van der Waals surface area (Å²) in [4.78, 5) is 15.1.